The molecule has 0 bridgehead atoms. The predicted molar refractivity (Wildman–Crippen MR) is 199 cm³/mol. The van der Waals surface area contributed by atoms with Crippen LogP contribution in [0.1, 0.15) is 43.2 Å². The van der Waals surface area contributed by atoms with Crippen LogP contribution >= 0.6 is 0 Å². The monoisotopic (exact) mass is 616 g/mol. The van der Waals surface area contributed by atoms with E-state index in [1.807, 2.05) is 12.1 Å². The van der Waals surface area contributed by atoms with Crippen LogP contribution in [0.4, 0.5) is 0 Å². The van der Waals surface area contributed by atoms with Crippen molar-refractivity contribution in [1.82, 2.24) is 9.97 Å². The molecule has 1 saturated carbocycles. The summed E-state index contributed by atoms with van der Waals surface area (Å²) in [4.78, 5) is 10.0. The van der Waals surface area contributed by atoms with Crippen molar-refractivity contribution in [3.63, 3.8) is 0 Å². The minimum absolute atomic E-state index is 0.175. The smallest absolute Gasteiger partial charge is 0.160 e. The Balaban J connectivity index is 1.02. The Bertz CT molecular complexity index is 2170. The highest BCUT2D eigenvalue weighted by atomic mass is 14.9. The molecule has 230 valence electrons. The number of benzene rings is 6. The Hall–Kier alpha value is -5.60. The lowest BCUT2D eigenvalue weighted by Gasteiger charge is -2.36. The predicted octanol–water partition coefficient (Wildman–Crippen LogP) is 12.0. The van der Waals surface area contributed by atoms with Gasteiger partial charge >= 0.3 is 0 Å². The number of hydrogen-bond donors (Lipinski definition) is 0. The molecule has 1 fully saturated rings. The second kappa shape index (κ2) is 11.9. The van der Waals surface area contributed by atoms with E-state index in [1.165, 1.54) is 71.0 Å². The van der Waals surface area contributed by atoms with E-state index in [1.54, 1.807) is 5.56 Å². The van der Waals surface area contributed by atoms with Crippen molar-refractivity contribution < 1.29 is 0 Å². The minimum Gasteiger partial charge on any atom is -0.228 e. The minimum atomic E-state index is 0.175. The fourth-order valence-corrected chi connectivity index (χ4v) is 8.09. The van der Waals surface area contributed by atoms with Gasteiger partial charge in [0, 0.05) is 22.1 Å². The molecule has 9 rings (SSSR count). The molecule has 0 atom stereocenters. The Morgan fingerprint density at radius 1 is 0.354 bits per heavy atom. The molecule has 6 aromatic carbocycles. The summed E-state index contributed by atoms with van der Waals surface area (Å²) in [6.07, 6.45) is 6.48. The van der Waals surface area contributed by atoms with Gasteiger partial charge < -0.3 is 0 Å². The summed E-state index contributed by atoms with van der Waals surface area (Å²) in [5.74, 6) is 0.728. The first-order valence-corrected chi connectivity index (χ1v) is 17.2. The van der Waals surface area contributed by atoms with E-state index in [0.29, 0.717) is 0 Å². The van der Waals surface area contributed by atoms with Crippen LogP contribution in [0, 0.1) is 0 Å². The first-order chi connectivity index (χ1) is 23.7. The topological polar surface area (TPSA) is 25.8 Å². The molecule has 2 nitrogen and oxygen atoms in total. The van der Waals surface area contributed by atoms with Crippen LogP contribution in [0.15, 0.2) is 158 Å². The molecule has 0 amide bonds. The summed E-state index contributed by atoms with van der Waals surface area (Å²) in [5, 5.41) is 0. The van der Waals surface area contributed by atoms with Crippen molar-refractivity contribution in [2.75, 3.05) is 0 Å². The molecule has 1 spiro atoms. The van der Waals surface area contributed by atoms with Gasteiger partial charge in [0.25, 0.3) is 0 Å². The number of nitrogens with zero attached hydrogens (tertiary/aromatic N) is 2. The molecule has 2 aliphatic carbocycles. The van der Waals surface area contributed by atoms with Gasteiger partial charge in [-0.2, -0.15) is 0 Å². The van der Waals surface area contributed by atoms with Crippen molar-refractivity contribution in [2.45, 2.75) is 37.5 Å². The SMILES string of the molecule is c1ccc(-c2cc(-c3ccccc3)nc(-c3ccc(-c4ccc(-c5ccc6c(c5)C5(CCCCC5)c5ccccc5-6)cc4)cc3)n2)cc1. The Kier molecular flexibility index (Phi) is 7.08. The highest BCUT2D eigenvalue weighted by Gasteiger charge is 2.43. The van der Waals surface area contributed by atoms with Crippen molar-refractivity contribution in [2.24, 2.45) is 0 Å². The van der Waals surface area contributed by atoms with E-state index < -0.39 is 0 Å². The average molecular weight is 617 g/mol. The zero-order valence-corrected chi connectivity index (χ0v) is 26.9. The summed E-state index contributed by atoms with van der Waals surface area (Å²) in [7, 11) is 0. The molecule has 1 aromatic heterocycles. The van der Waals surface area contributed by atoms with Gasteiger partial charge in [-0.3, -0.25) is 0 Å². The summed E-state index contributed by atoms with van der Waals surface area (Å²) in [6.45, 7) is 0. The number of rotatable bonds is 5. The molecule has 2 aliphatic rings. The first-order valence-electron chi connectivity index (χ1n) is 17.2. The molecule has 0 aliphatic heterocycles. The normalized spacial score (nSPS) is 14.4. The van der Waals surface area contributed by atoms with E-state index in [0.717, 1.165) is 33.9 Å². The largest absolute Gasteiger partial charge is 0.228 e. The second-order valence-corrected chi connectivity index (χ2v) is 13.3. The molecule has 48 heavy (non-hydrogen) atoms. The zero-order chi connectivity index (χ0) is 31.9. The van der Waals surface area contributed by atoms with Gasteiger partial charge in [0.2, 0.25) is 0 Å². The summed E-state index contributed by atoms with van der Waals surface area (Å²) < 4.78 is 0. The van der Waals surface area contributed by atoms with Gasteiger partial charge in [-0.15, -0.1) is 0 Å². The van der Waals surface area contributed by atoms with Crippen LogP contribution in [-0.2, 0) is 5.41 Å². The number of fused-ring (bicyclic) bond motifs is 5. The third kappa shape index (κ3) is 4.96. The van der Waals surface area contributed by atoms with E-state index in [2.05, 4.69) is 146 Å². The van der Waals surface area contributed by atoms with Crippen LogP contribution in [0.2, 0.25) is 0 Å². The van der Waals surface area contributed by atoms with Crippen LogP contribution in [-0.4, -0.2) is 9.97 Å². The number of aromatic nitrogens is 2. The molecule has 2 heteroatoms. The quantitative estimate of drug-likeness (QED) is 0.192. The van der Waals surface area contributed by atoms with Gasteiger partial charge in [-0.1, -0.05) is 165 Å². The second-order valence-electron chi connectivity index (χ2n) is 13.3. The van der Waals surface area contributed by atoms with E-state index in [4.69, 9.17) is 9.97 Å². The van der Waals surface area contributed by atoms with E-state index in [9.17, 15) is 0 Å². The lowest BCUT2D eigenvalue weighted by molar-refractivity contribution is 0.353. The summed E-state index contributed by atoms with van der Waals surface area (Å²) >= 11 is 0. The van der Waals surface area contributed by atoms with E-state index >= 15 is 0 Å². The van der Waals surface area contributed by atoms with Crippen molar-refractivity contribution in [3.8, 4) is 67.3 Å². The maximum atomic E-state index is 5.01. The van der Waals surface area contributed by atoms with Gasteiger partial charge in [-0.05, 0) is 69.5 Å². The molecule has 7 aromatic rings. The van der Waals surface area contributed by atoms with Crippen LogP contribution in [0.25, 0.3) is 67.3 Å². The third-order valence-electron chi connectivity index (χ3n) is 10.5. The van der Waals surface area contributed by atoms with Gasteiger partial charge in [0.15, 0.2) is 5.82 Å². The Labute approximate surface area is 282 Å². The third-order valence-corrected chi connectivity index (χ3v) is 10.5. The standard InChI is InChI=1S/C46H36N2/c1-4-12-35(13-5-1)43-31-44(36-14-6-2-7-15-36)48-45(47-43)37-24-22-33(23-25-37)32-18-20-34(21-19-32)38-26-27-40-39-16-8-9-17-41(39)46(42(40)30-38)28-10-3-11-29-46/h1-2,4-9,12-27,30-31H,3,10-11,28-29H2. The van der Waals surface area contributed by atoms with E-state index in [-0.39, 0.29) is 5.41 Å². The fourth-order valence-electron chi connectivity index (χ4n) is 8.09. The molecule has 0 saturated heterocycles. The maximum Gasteiger partial charge on any atom is 0.160 e. The summed E-state index contributed by atoms with van der Waals surface area (Å²) in [6, 6.07) is 56.8. The number of hydrogen-bond acceptors (Lipinski definition) is 2. The lowest BCUT2D eigenvalue weighted by atomic mass is 9.67. The average Bonchev–Trinajstić information content (AvgIpc) is 3.43. The van der Waals surface area contributed by atoms with Crippen molar-refractivity contribution in [3.05, 3.63) is 169 Å². The summed E-state index contributed by atoms with van der Waals surface area (Å²) in [5.41, 5.74) is 16.1. The first kappa shape index (κ1) is 28.6. The zero-order valence-electron chi connectivity index (χ0n) is 26.9. The van der Waals surface area contributed by atoms with Crippen molar-refractivity contribution >= 4 is 0 Å². The van der Waals surface area contributed by atoms with Crippen LogP contribution in [0.5, 0.6) is 0 Å². The molecule has 0 radical (unpaired) electrons. The highest BCUT2D eigenvalue weighted by Crippen LogP contribution is 2.56. The molecule has 0 N–H and O–H groups in total. The molecular weight excluding hydrogens is 581 g/mol. The Morgan fingerprint density at radius 3 is 1.44 bits per heavy atom. The maximum absolute atomic E-state index is 5.01. The fraction of sp³-hybridized carbons (Fsp3) is 0.130. The molecule has 1 heterocycles. The van der Waals surface area contributed by atoms with Crippen LogP contribution in [0.3, 0.4) is 0 Å². The lowest BCUT2D eigenvalue weighted by Crippen LogP contribution is -2.28. The van der Waals surface area contributed by atoms with Gasteiger partial charge in [-0.25, -0.2) is 9.97 Å². The van der Waals surface area contributed by atoms with Crippen molar-refractivity contribution in [1.29, 1.82) is 0 Å². The van der Waals surface area contributed by atoms with Crippen LogP contribution < -0.4 is 0 Å². The highest BCUT2D eigenvalue weighted by molar-refractivity contribution is 5.84. The molecule has 0 unspecified atom stereocenters. The Morgan fingerprint density at radius 2 is 0.833 bits per heavy atom. The molecular formula is C46H36N2. The van der Waals surface area contributed by atoms with Gasteiger partial charge in [0.1, 0.15) is 0 Å². The van der Waals surface area contributed by atoms with Gasteiger partial charge in [0.05, 0.1) is 11.4 Å².